The van der Waals surface area contributed by atoms with E-state index in [-0.39, 0.29) is 6.71 Å². The van der Waals surface area contributed by atoms with Crippen LogP contribution in [0.15, 0.2) is 425 Å². The second-order valence-electron chi connectivity index (χ2n) is 32.9. The molecule has 1 aliphatic rings. The van der Waals surface area contributed by atoms with Gasteiger partial charge < -0.3 is 32.0 Å². The van der Waals surface area contributed by atoms with Crippen molar-refractivity contribution in [3.05, 3.63) is 425 Å². The Kier molecular flexibility index (Phi) is 14.1. The largest absolute Gasteiger partial charge is 0.309 e. The maximum atomic E-state index is 2.73. The van der Waals surface area contributed by atoms with Crippen molar-refractivity contribution in [2.45, 2.75) is 0 Å². The molecule has 7 nitrogen and oxygen atoms in total. The number of nitrogens with zero attached hydrogens (tertiary/aromatic N) is 7. The van der Waals surface area contributed by atoms with Gasteiger partial charge in [-0.1, -0.05) is 302 Å². The standard InChI is InChI=1S/C114H70BN7/c1-3-31-75(32-4-1)116-95-49-21-17-45-87(95)89-67-71(59-63-105(89)116)73-61-65-107-91(69-73)92-70-74(72-60-64-106-90(68-72)88-46-18-22-50-96(88)117(106)76-33-5-2-6-34-76)62-66-108(92)122(107)114-112(120-101-55-27-13-41-83(101)84-42-14-28-56-102(84)120)110(118-97-51-23-9-37-79(97)80-38-10-24-52-98(80)118)109(115-93-47-19-7-35-77(93)78-36-8-20-48-94(78)115)111(119-99-53-25-11-39-81(99)82-40-12-26-54-100(82)119)113(114)121-103-57-29-15-43-85(103)86-44-16-30-58-104(86)121/h1-70H. The first kappa shape index (κ1) is 66.9. The van der Waals surface area contributed by atoms with Crippen molar-refractivity contribution in [1.82, 2.24) is 32.0 Å². The lowest BCUT2D eigenvalue weighted by Crippen LogP contribution is -2.52. The van der Waals surface area contributed by atoms with Crippen LogP contribution in [0.4, 0.5) is 0 Å². The molecule has 0 saturated carbocycles. The van der Waals surface area contributed by atoms with Crippen LogP contribution in [0.25, 0.3) is 226 Å². The molecule has 8 heteroatoms. The summed E-state index contributed by atoms with van der Waals surface area (Å²) in [5.41, 5.74) is 33.6. The average Bonchev–Trinajstić information content (AvgIpc) is 1.10. The summed E-state index contributed by atoms with van der Waals surface area (Å²) in [7, 11) is 0. The maximum absolute atomic E-state index is 2.73. The molecule has 27 rings (SSSR count). The first-order chi connectivity index (χ1) is 60.6. The number of para-hydroxylation sites is 12. The normalized spacial score (nSPS) is 12.4. The van der Waals surface area contributed by atoms with E-state index in [2.05, 4.69) is 457 Å². The molecular weight excluding hydrogens is 1480 g/mol. The Bertz CT molecular complexity index is 8260. The minimum atomic E-state index is -0.374. The molecule has 564 valence electrons. The molecule has 0 unspecified atom stereocenters. The van der Waals surface area contributed by atoms with Gasteiger partial charge in [-0.15, -0.1) is 0 Å². The number of hydrogen-bond donors (Lipinski definition) is 0. The molecule has 0 saturated heterocycles. The van der Waals surface area contributed by atoms with Crippen LogP contribution >= 0.6 is 0 Å². The molecule has 0 aliphatic carbocycles. The predicted octanol–water partition coefficient (Wildman–Crippen LogP) is 27.2. The Balaban J connectivity index is 0.899. The topological polar surface area (TPSA) is 34.5 Å². The summed E-state index contributed by atoms with van der Waals surface area (Å²) in [6.45, 7) is -0.374. The fraction of sp³-hybridized carbons (Fsp3) is 0. The van der Waals surface area contributed by atoms with Crippen LogP contribution in [-0.2, 0) is 0 Å². The molecular formula is C114H70BN7. The van der Waals surface area contributed by atoms with E-state index in [0.717, 1.165) is 166 Å². The van der Waals surface area contributed by atoms with Gasteiger partial charge in [0.2, 0.25) is 6.71 Å². The number of hydrogen-bond acceptors (Lipinski definition) is 0. The second-order valence-corrected chi connectivity index (χ2v) is 32.9. The van der Waals surface area contributed by atoms with Gasteiger partial charge >= 0.3 is 0 Å². The van der Waals surface area contributed by atoms with Crippen LogP contribution in [0, 0.1) is 0 Å². The second kappa shape index (κ2) is 25.7. The summed E-state index contributed by atoms with van der Waals surface area (Å²) in [4.78, 5) is 0. The predicted molar refractivity (Wildman–Crippen MR) is 514 cm³/mol. The Labute approximate surface area is 700 Å². The van der Waals surface area contributed by atoms with Crippen molar-refractivity contribution in [2.75, 3.05) is 0 Å². The number of fused-ring (bicyclic) bond motifs is 24. The van der Waals surface area contributed by atoms with E-state index >= 15 is 0 Å². The molecule has 1 aliphatic heterocycles. The van der Waals surface area contributed by atoms with Crippen molar-refractivity contribution >= 4 is 176 Å². The van der Waals surface area contributed by atoms with Crippen LogP contribution in [0.2, 0.25) is 0 Å². The van der Waals surface area contributed by atoms with Gasteiger partial charge in [0.25, 0.3) is 0 Å². The van der Waals surface area contributed by atoms with Gasteiger partial charge in [0.1, 0.15) is 0 Å². The highest BCUT2D eigenvalue weighted by molar-refractivity contribution is 7.00. The molecule has 0 atom stereocenters. The van der Waals surface area contributed by atoms with Crippen molar-refractivity contribution in [2.24, 2.45) is 0 Å². The summed E-state index contributed by atoms with van der Waals surface area (Å²) in [5.74, 6) is 0. The van der Waals surface area contributed by atoms with Crippen molar-refractivity contribution in [1.29, 1.82) is 0 Å². The molecule has 19 aromatic carbocycles. The zero-order valence-corrected chi connectivity index (χ0v) is 66.1. The van der Waals surface area contributed by atoms with Crippen LogP contribution < -0.4 is 16.4 Å². The highest BCUT2D eigenvalue weighted by Gasteiger charge is 2.44. The summed E-state index contributed by atoms with van der Waals surface area (Å²) >= 11 is 0. The minimum Gasteiger partial charge on any atom is -0.309 e. The van der Waals surface area contributed by atoms with Gasteiger partial charge in [0, 0.05) is 86.8 Å². The van der Waals surface area contributed by atoms with E-state index in [1.165, 1.54) is 76.2 Å². The third kappa shape index (κ3) is 9.29. The third-order valence-corrected chi connectivity index (χ3v) is 26.8. The highest BCUT2D eigenvalue weighted by atomic mass is 15.2. The third-order valence-electron chi connectivity index (χ3n) is 26.8. The molecule has 0 amide bonds. The van der Waals surface area contributed by atoms with Crippen LogP contribution in [0.3, 0.4) is 0 Å². The minimum absolute atomic E-state index is 0.374. The monoisotopic (exact) mass is 1550 g/mol. The van der Waals surface area contributed by atoms with Gasteiger partial charge in [-0.25, -0.2) is 0 Å². The Morgan fingerprint density at radius 2 is 0.328 bits per heavy atom. The van der Waals surface area contributed by atoms with Crippen molar-refractivity contribution < 1.29 is 0 Å². The smallest absolute Gasteiger partial charge is 0.248 e. The lowest BCUT2D eigenvalue weighted by atomic mass is 9.38. The first-order valence-electron chi connectivity index (χ1n) is 42.3. The quantitative estimate of drug-likeness (QED) is 0.122. The molecule has 26 aromatic rings. The van der Waals surface area contributed by atoms with Crippen LogP contribution in [-0.4, -0.2) is 38.7 Å². The fourth-order valence-electron chi connectivity index (χ4n) is 21.8. The van der Waals surface area contributed by atoms with Gasteiger partial charge in [0.05, 0.1) is 106 Å². The molecule has 122 heavy (non-hydrogen) atoms. The number of rotatable bonds is 10. The Morgan fingerprint density at radius 1 is 0.139 bits per heavy atom. The van der Waals surface area contributed by atoms with Crippen LogP contribution in [0.1, 0.15) is 0 Å². The molecule has 7 aromatic heterocycles. The molecule has 0 fully saturated rings. The van der Waals surface area contributed by atoms with Gasteiger partial charge in [-0.2, -0.15) is 0 Å². The first-order valence-corrected chi connectivity index (χ1v) is 42.3. The molecule has 0 spiro atoms. The lowest BCUT2D eigenvalue weighted by molar-refractivity contribution is 1.01. The molecule has 8 heterocycles. The lowest BCUT2D eigenvalue weighted by Gasteiger charge is -2.33. The summed E-state index contributed by atoms with van der Waals surface area (Å²) in [6, 6.07) is 161. The SMILES string of the molecule is c1ccc(-n2c3ccccc3c3cc(-c4ccc5c(c4)c4cc(-c6ccc7c(c6)c6ccccc6n7-c6ccccc6)ccc4n5-c4c(-n5c6ccccc6c6ccccc65)c(-n5c6ccccc6c6ccccc65)c(B5c6ccccc6-c6ccccc65)c(-n5c6ccccc6c6ccccc65)c4-n4c5ccccc5c5ccccc54)ccc32)cc1. The van der Waals surface area contributed by atoms with E-state index in [1.807, 2.05) is 0 Å². The van der Waals surface area contributed by atoms with Crippen molar-refractivity contribution in [3.63, 3.8) is 0 Å². The maximum Gasteiger partial charge on any atom is 0.248 e. The number of benzene rings is 19. The van der Waals surface area contributed by atoms with Crippen LogP contribution in [0.5, 0.6) is 0 Å². The fourth-order valence-corrected chi connectivity index (χ4v) is 21.8. The zero-order valence-electron chi connectivity index (χ0n) is 66.1. The summed E-state index contributed by atoms with van der Waals surface area (Å²) in [6.07, 6.45) is 0. The van der Waals surface area contributed by atoms with Crippen molar-refractivity contribution in [3.8, 4) is 73.2 Å². The molecule has 0 bridgehead atoms. The van der Waals surface area contributed by atoms with E-state index in [1.54, 1.807) is 0 Å². The summed E-state index contributed by atoms with van der Waals surface area (Å²) in [5, 5.41) is 16.4. The van der Waals surface area contributed by atoms with Gasteiger partial charge in [-0.3, -0.25) is 0 Å². The average molecular weight is 1550 g/mol. The Hall–Kier alpha value is -16.2. The van der Waals surface area contributed by atoms with Gasteiger partial charge in [0.15, 0.2) is 0 Å². The summed E-state index contributed by atoms with van der Waals surface area (Å²) < 4.78 is 18.4. The van der Waals surface area contributed by atoms with E-state index in [0.29, 0.717) is 0 Å². The highest BCUT2D eigenvalue weighted by Crippen LogP contribution is 2.52. The van der Waals surface area contributed by atoms with E-state index in [9.17, 15) is 0 Å². The Morgan fingerprint density at radius 3 is 0.607 bits per heavy atom. The zero-order chi connectivity index (χ0) is 79.5. The molecule has 0 radical (unpaired) electrons. The van der Waals surface area contributed by atoms with E-state index < -0.39 is 0 Å². The van der Waals surface area contributed by atoms with Gasteiger partial charge in [-0.05, 0) is 172 Å². The molecule has 0 N–H and O–H groups in total. The van der Waals surface area contributed by atoms with E-state index in [4.69, 9.17) is 0 Å². The number of aromatic nitrogens is 7.